The molecule has 0 fully saturated rings. The van der Waals surface area contributed by atoms with Crippen molar-refractivity contribution < 1.29 is 32.6 Å². The second kappa shape index (κ2) is 9.55. The van der Waals surface area contributed by atoms with Crippen molar-refractivity contribution in [1.82, 2.24) is 0 Å². The predicted octanol–water partition coefficient (Wildman–Crippen LogP) is 4.51. The number of halogens is 2. The van der Waals surface area contributed by atoms with Crippen LogP contribution < -0.4 is 5.32 Å². The topological polar surface area (TPSA) is 81.7 Å². The Morgan fingerprint density at radius 1 is 1.26 bits per heavy atom. The summed E-state index contributed by atoms with van der Waals surface area (Å²) < 4.78 is 37.0. The van der Waals surface area contributed by atoms with Crippen molar-refractivity contribution in [2.24, 2.45) is 5.92 Å². The minimum Gasteiger partial charge on any atom is -0.462 e. The molecule has 3 rings (SSSR count). The van der Waals surface area contributed by atoms with Gasteiger partial charge >= 0.3 is 11.9 Å². The molecule has 1 aliphatic rings. The molecule has 0 saturated carbocycles. The van der Waals surface area contributed by atoms with Crippen LogP contribution in [-0.4, -0.2) is 30.6 Å². The predicted molar refractivity (Wildman–Crippen MR) is 111 cm³/mol. The molecular formula is C22H23F2NO5S. The van der Waals surface area contributed by atoms with E-state index in [9.17, 15) is 23.2 Å². The lowest BCUT2D eigenvalue weighted by molar-refractivity contribution is -0.123. The molecule has 1 amide bonds. The fraction of sp³-hybridized carbons (Fsp3) is 0.409. The molecule has 2 atom stereocenters. The summed E-state index contributed by atoms with van der Waals surface area (Å²) in [6.45, 7) is 5.35. The van der Waals surface area contributed by atoms with Crippen LogP contribution in [0, 0.1) is 17.6 Å². The van der Waals surface area contributed by atoms with E-state index in [-0.39, 0.29) is 6.61 Å². The standard InChI is InChI=1S/C22H23F2NO5S/c1-4-29-22(28)18-15-7-5-11(2)9-17(15)31-20(18)25-19(26)12(3)30-21(27)14-8-6-13(23)10-16(14)24/h6,8,10-12H,4-5,7,9H2,1-3H3,(H,25,26)/t11-,12-/m0/s1. The van der Waals surface area contributed by atoms with Gasteiger partial charge in [0.25, 0.3) is 5.91 Å². The van der Waals surface area contributed by atoms with Gasteiger partial charge in [0.05, 0.1) is 17.7 Å². The van der Waals surface area contributed by atoms with Gasteiger partial charge < -0.3 is 14.8 Å². The lowest BCUT2D eigenvalue weighted by Crippen LogP contribution is -2.30. The molecule has 0 aliphatic heterocycles. The largest absolute Gasteiger partial charge is 0.462 e. The molecule has 0 bridgehead atoms. The Hall–Kier alpha value is -2.81. The Morgan fingerprint density at radius 2 is 2.00 bits per heavy atom. The van der Waals surface area contributed by atoms with Crippen LogP contribution in [0.15, 0.2) is 18.2 Å². The summed E-state index contributed by atoms with van der Waals surface area (Å²) >= 11 is 1.31. The molecule has 1 aliphatic carbocycles. The number of carbonyl (C=O) groups is 3. The SMILES string of the molecule is CCOC(=O)c1c(NC(=O)[C@H](C)OC(=O)c2ccc(F)cc2F)sc2c1CC[C@H](C)C2. The highest BCUT2D eigenvalue weighted by Gasteiger charge is 2.30. The van der Waals surface area contributed by atoms with Crippen LogP contribution in [0.5, 0.6) is 0 Å². The monoisotopic (exact) mass is 451 g/mol. The van der Waals surface area contributed by atoms with Crippen molar-refractivity contribution in [3.63, 3.8) is 0 Å². The van der Waals surface area contributed by atoms with E-state index in [0.29, 0.717) is 29.0 Å². The Morgan fingerprint density at radius 3 is 2.68 bits per heavy atom. The molecule has 0 radical (unpaired) electrons. The van der Waals surface area contributed by atoms with Gasteiger partial charge in [-0.05, 0) is 56.7 Å². The van der Waals surface area contributed by atoms with Gasteiger partial charge in [0.2, 0.25) is 0 Å². The number of fused-ring (bicyclic) bond motifs is 1. The maximum Gasteiger partial charge on any atom is 0.341 e. The second-order valence-corrected chi connectivity index (χ2v) is 8.54. The van der Waals surface area contributed by atoms with Gasteiger partial charge in [-0.3, -0.25) is 4.79 Å². The minimum atomic E-state index is -1.27. The summed E-state index contributed by atoms with van der Waals surface area (Å²) in [5.74, 6) is -3.72. The number of carbonyl (C=O) groups excluding carboxylic acids is 3. The lowest BCUT2D eigenvalue weighted by atomic mass is 9.88. The Balaban J connectivity index is 1.77. The van der Waals surface area contributed by atoms with Crippen molar-refractivity contribution in [3.8, 4) is 0 Å². The van der Waals surface area contributed by atoms with Crippen LogP contribution in [0.25, 0.3) is 0 Å². The molecule has 31 heavy (non-hydrogen) atoms. The lowest BCUT2D eigenvalue weighted by Gasteiger charge is -2.18. The van der Waals surface area contributed by atoms with E-state index in [1.807, 2.05) is 0 Å². The van der Waals surface area contributed by atoms with Crippen LogP contribution >= 0.6 is 11.3 Å². The minimum absolute atomic E-state index is 0.199. The average Bonchev–Trinajstić information content (AvgIpc) is 3.04. The Kier molecular flexibility index (Phi) is 7.04. The summed E-state index contributed by atoms with van der Waals surface area (Å²) in [7, 11) is 0. The van der Waals surface area contributed by atoms with Gasteiger partial charge in [-0.25, -0.2) is 18.4 Å². The van der Waals surface area contributed by atoms with Crippen LogP contribution in [0.1, 0.15) is 58.3 Å². The summed E-state index contributed by atoms with van der Waals surface area (Å²) in [6, 6.07) is 2.43. The number of thiophene rings is 1. The molecule has 1 aromatic carbocycles. The van der Waals surface area contributed by atoms with E-state index in [0.717, 1.165) is 35.4 Å². The number of ether oxygens (including phenoxy) is 2. The number of anilines is 1. The summed E-state index contributed by atoms with van der Waals surface area (Å²) in [6.07, 6.45) is 1.17. The summed E-state index contributed by atoms with van der Waals surface area (Å²) in [5.41, 5.74) is 0.744. The molecule has 1 heterocycles. The zero-order chi connectivity index (χ0) is 22.7. The molecule has 2 aromatic rings. The third-order valence-corrected chi connectivity index (χ3v) is 6.20. The third kappa shape index (κ3) is 5.10. The molecule has 0 spiro atoms. The van der Waals surface area contributed by atoms with Gasteiger partial charge in [-0.15, -0.1) is 11.3 Å². The van der Waals surface area contributed by atoms with E-state index in [1.54, 1.807) is 6.92 Å². The van der Waals surface area contributed by atoms with Gasteiger partial charge in [0.1, 0.15) is 16.6 Å². The van der Waals surface area contributed by atoms with Crippen LogP contribution in [0.3, 0.4) is 0 Å². The van der Waals surface area contributed by atoms with Gasteiger partial charge in [-0.1, -0.05) is 6.92 Å². The molecule has 0 saturated heterocycles. The normalized spacial score (nSPS) is 16.2. The summed E-state index contributed by atoms with van der Waals surface area (Å²) in [4.78, 5) is 38.4. The number of rotatable bonds is 6. The number of hydrogen-bond acceptors (Lipinski definition) is 6. The van der Waals surface area contributed by atoms with Crippen molar-refractivity contribution in [2.45, 2.75) is 46.1 Å². The van der Waals surface area contributed by atoms with E-state index in [1.165, 1.54) is 18.3 Å². The molecular weight excluding hydrogens is 428 g/mol. The quantitative estimate of drug-likeness (QED) is 0.654. The third-order valence-electron chi connectivity index (χ3n) is 5.03. The van der Waals surface area contributed by atoms with Crippen molar-refractivity contribution in [2.75, 3.05) is 11.9 Å². The van der Waals surface area contributed by atoms with Gasteiger partial charge in [0.15, 0.2) is 6.10 Å². The van der Waals surface area contributed by atoms with Crippen molar-refractivity contribution >= 4 is 34.2 Å². The molecule has 1 aromatic heterocycles. The number of amides is 1. The first-order chi connectivity index (χ1) is 14.7. The highest BCUT2D eigenvalue weighted by atomic mass is 32.1. The maximum atomic E-state index is 13.8. The van der Waals surface area contributed by atoms with Crippen LogP contribution in [0.4, 0.5) is 13.8 Å². The zero-order valence-corrected chi connectivity index (χ0v) is 18.2. The zero-order valence-electron chi connectivity index (χ0n) is 17.4. The summed E-state index contributed by atoms with van der Waals surface area (Å²) in [5, 5.41) is 3.00. The first-order valence-corrected chi connectivity index (χ1v) is 10.8. The fourth-order valence-corrected chi connectivity index (χ4v) is 4.81. The van der Waals surface area contributed by atoms with Crippen LogP contribution in [-0.2, 0) is 27.1 Å². The highest BCUT2D eigenvalue weighted by molar-refractivity contribution is 7.17. The Labute approximate surface area is 182 Å². The number of nitrogens with one attached hydrogen (secondary N) is 1. The molecule has 0 unspecified atom stereocenters. The van der Waals surface area contributed by atoms with Crippen molar-refractivity contribution in [3.05, 3.63) is 51.4 Å². The number of esters is 2. The Bertz CT molecular complexity index is 1020. The number of hydrogen-bond donors (Lipinski definition) is 1. The van der Waals surface area contributed by atoms with E-state index in [2.05, 4.69) is 12.2 Å². The molecule has 1 N–H and O–H groups in total. The van der Waals surface area contributed by atoms with Crippen molar-refractivity contribution in [1.29, 1.82) is 0 Å². The smallest absolute Gasteiger partial charge is 0.341 e. The average molecular weight is 451 g/mol. The van der Waals surface area contributed by atoms with E-state index in [4.69, 9.17) is 9.47 Å². The maximum absolute atomic E-state index is 13.8. The molecule has 9 heteroatoms. The molecule has 166 valence electrons. The van der Waals surface area contributed by atoms with Gasteiger partial charge in [0, 0.05) is 10.9 Å². The number of benzene rings is 1. The van der Waals surface area contributed by atoms with E-state index >= 15 is 0 Å². The molecule has 6 nitrogen and oxygen atoms in total. The first kappa shape index (κ1) is 22.9. The second-order valence-electron chi connectivity index (χ2n) is 7.44. The van der Waals surface area contributed by atoms with E-state index < -0.39 is 41.1 Å². The van der Waals surface area contributed by atoms with Gasteiger partial charge in [-0.2, -0.15) is 0 Å². The highest BCUT2D eigenvalue weighted by Crippen LogP contribution is 2.40. The fourth-order valence-electron chi connectivity index (χ4n) is 3.40. The first-order valence-electron chi connectivity index (χ1n) is 9.99. The van der Waals surface area contributed by atoms with Crippen LogP contribution in [0.2, 0.25) is 0 Å².